The van der Waals surface area contributed by atoms with E-state index in [2.05, 4.69) is 9.97 Å². The van der Waals surface area contributed by atoms with Gasteiger partial charge in [-0.2, -0.15) is 0 Å². The van der Waals surface area contributed by atoms with Crippen molar-refractivity contribution in [3.63, 3.8) is 0 Å². The van der Waals surface area contributed by atoms with Crippen LogP contribution in [0, 0.1) is 6.92 Å². The Morgan fingerprint density at radius 1 is 1.03 bits per heavy atom. The summed E-state index contributed by atoms with van der Waals surface area (Å²) in [6.07, 6.45) is 3.25. The lowest BCUT2D eigenvalue weighted by atomic mass is 10.1. The SMILES string of the molecule is Cc1c(-c2ccccc2Cl)sc2[nH]c(=O)n(-c3cncc4ccccc34)c(=O)c12. The highest BCUT2D eigenvalue weighted by Gasteiger charge is 2.19. The maximum Gasteiger partial charge on any atom is 0.334 e. The van der Waals surface area contributed by atoms with Gasteiger partial charge in [-0.15, -0.1) is 11.3 Å². The van der Waals surface area contributed by atoms with Gasteiger partial charge in [0.05, 0.1) is 17.3 Å². The van der Waals surface area contributed by atoms with E-state index in [-0.39, 0.29) is 5.56 Å². The first-order chi connectivity index (χ1) is 14.1. The molecule has 0 saturated carbocycles. The van der Waals surface area contributed by atoms with Gasteiger partial charge in [0, 0.05) is 32.4 Å². The Bertz CT molecular complexity index is 1530. The number of nitrogens with one attached hydrogen (secondary N) is 1. The molecule has 0 atom stereocenters. The summed E-state index contributed by atoms with van der Waals surface area (Å²) in [5.74, 6) is 0. The number of pyridine rings is 1. The van der Waals surface area contributed by atoms with Gasteiger partial charge in [0.25, 0.3) is 5.56 Å². The number of fused-ring (bicyclic) bond motifs is 2. The summed E-state index contributed by atoms with van der Waals surface area (Å²) >= 11 is 7.72. The Morgan fingerprint density at radius 3 is 2.62 bits per heavy atom. The molecule has 0 aliphatic heterocycles. The minimum atomic E-state index is -0.493. The predicted octanol–water partition coefficient (Wildman–Crippen LogP) is 4.92. The van der Waals surface area contributed by atoms with Crippen molar-refractivity contribution < 1.29 is 0 Å². The molecule has 2 aromatic carbocycles. The lowest BCUT2D eigenvalue weighted by molar-refractivity contribution is 0.904. The minimum absolute atomic E-state index is 0.367. The van der Waals surface area contributed by atoms with Crippen molar-refractivity contribution in [3.8, 4) is 16.1 Å². The molecule has 0 fully saturated rings. The van der Waals surface area contributed by atoms with E-state index in [1.54, 1.807) is 12.4 Å². The largest absolute Gasteiger partial charge is 0.334 e. The lowest BCUT2D eigenvalue weighted by Gasteiger charge is -2.08. The van der Waals surface area contributed by atoms with Gasteiger partial charge in [0.15, 0.2) is 0 Å². The molecule has 0 spiro atoms. The van der Waals surface area contributed by atoms with E-state index in [0.717, 1.165) is 31.3 Å². The zero-order valence-electron chi connectivity index (χ0n) is 15.3. The number of aromatic amines is 1. The standard InChI is InChI=1S/C22H14ClN3O2S/c1-12-18-20(29-19(12)15-8-4-5-9-16(15)23)25-22(28)26(21(18)27)17-11-24-10-13-6-2-3-7-14(13)17/h2-11H,1H3,(H,25,28). The van der Waals surface area contributed by atoms with Crippen LogP contribution in [-0.4, -0.2) is 14.5 Å². The molecular formula is C22H14ClN3O2S. The molecule has 5 aromatic rings. The number of aryl methyl sites for hydroxylation is 1. The highest BCUT2D eigenvalue weighted by molar-refractivity contribution is 7.22. The first kappa shape index (κ1) is 17.8. The van der Waals surface area contributed by atoms with E-state index in [1.165, 1.54) is 11.3 Å². The number of H-pyrrole nitrogens is 1. The summed E-state index contributed by atoms with van der Waals surface area (Å²) < 4.78 is 1.16. The predicted molar refractivity (Wildman–Crippen MR) is 119 cm³/mol. The van der Waals surface area contributed by atoms with Crippen LogP contribution in [0.1, 0.15) is 5.56 Å². The fourth-order valence-electron chi connectivity index (χ4n) is 3.62. The van der Waals surface area contributed by atoms with Crippen molar-refractivity contribution in [1.29, 1.82) is 0 Å². The number of thiophene rings is 1. The topological polar surface area (TPSA) is 67.8 Å². The van der Waals surface area contributed by atoms with Gasteiger partial charge in [-0.3, -0.25) is 14.8 Å². The first-order valence-electron chi connectivity index (χ1n) is 8.92. The second-order valence-electron chi connectivity index (χ2n) is 6.69. The summed E-state index contributed by atoms with van der Waals surface area (Å²) in [6, 6.07) is 15.0. The Morgan fingerprint density at radius 2 is 1.79 bits per heavy atom. The zero-order valence-corrected chi connectivity index (χ0v) is 16.8. The van der Waals surface area contributed by atoms with Gasteiger partial charge in [-0.05, 0) is 18.6 Å². The van der Waals surface area contributed by atoms with Crippen molar-refractivity contribution in [2.75, 3.05) is 0 Å². The van der Waals surface area contributed by atoms with Crippen LogP contribution in [0.15, 0.2) is 70.5 Å². The summed E-state index contributed by atoms with van der Waals surface area (Å²) in [7, 11) is 0. The minimum Gasteiger partial charge on any atom is -0.298 e. The third kappa shape index (κ3) is 2.72. The average molecular weight is 420 g/mol. The van der Waals surface area contributed by atoms with Crippen molar-refractivity contribution in [1.82, 2.24) is 14.5 Å². The Kier molecular flexibility index (Phi) is 4.12. The number of halogens is 1. The van der Waals surface area contributed by atoms with Crippen LogP contribution in [0.4, 0.5) is 0 Å². The van der Waals surface area contributed by atoms with Crippen LogP contribution >= 0.6 is 22.9 Å². The second kappa shape index (κ2) is 6.69. The number of hydrogen-bond donors (Lipinski definition) is 1. The lowest BCUT2D eigenvalue weighted by Crippen LogP contribution is -2.33. The molecule has 0 saturated heterocycles. The summed E-state index contributed by atoms with van der Waals surface area (Å²) in [6.45, 7) is 1.88. The van der Waals surface area contributed by atoms with Gasteiger partial charge in [0.1, 0.15) is 4.83 Å². The van der Waals surface area contributed by atoms with Gasteiger partial charge >= 0.3 is 5.69 Å². The van der Waals surface area contributed by atoms with Gasteiger partial charge < -0.3 is 0 Å². The summed E-state index contributed by atoms with van der Waals surface area (Å²) in [5.41, 5.74) is 1.23. The molecule has 0 aliphatic rings. The molecule has 142 valence electrons. The van der Waals surface area contributed by atoms with Crippen LogP contribution in [-0.2, 0) is 0 Å². The third-order valence-corrected chi connectivity index (χ3v) is 6.56. The van der Waals surface area contributed by atoms with Crippen LogP contribution in [0.3, 0.4) is 0 Å². The van der Waals surface area contributed by atoms with Crippen LogP contribution in [0.2, 0.25) is 5.02 Å². The highest BCUT2D eigenvalue weighted by atomic mass is 35.5. The smallest absolute Gasteiger partial charge is 0.298 e. The fourth-order valence-corrected chi connectivity index (χ4v) is 5.13. The molecule has 5 rings (SSSR count). The Hall–Kier alpha value is -3.22. The highest BCUT2D eigenvalue weighted by Crippen LogP contribution is 2.38. The molecule has 0 radical (unpaired) electrons. The molecule has 3 aromatic heterocycles. The summed E-state index contributed by atoms with van der Waals surface area (Å²) in [4.78, 5) is 34.8. The number of rotatable bonds is 2. The van der Waals surface area contributed by atoms with Crippen LogP contribution < -0.4 is 11.2 Å². The quantitative estimate of drug-likeness (QED) is 0.441. The van der Waals surface area contributed by atoms with E-state index in [9.17, 15) is 9.59 Å². The van der Waals surface area contributed by atoms with Crippen LogP contribution in [0.5, 0.6) is 0 Å². The average Bonchev–Trinajstić information content (AvgIpc) is 3.04. The van der Waals surface area contributed by atoms with E-state index < -0.39 is 5.69 Å². The molecular weight excluding hydrogens is 406 g/mol. The van der Waals surface area contributed by atoms with Crippen molar-refractivity contribution >= 4 is 43.9 Å². The van der Waals surface area contributed by atoms with E-state index in [4.69, 9.17) is 11.6 Å². The number of hydrogen-bond acceptors (Lipinski definition) is 4. The molecule has 5 nitrogen and oxygen atoms in total. The normalized spacial score (nSPS) is 11.4. The molecule has 0 bridgehead atoms. The van der Waals surface area contributed by atoms with Gasteiger partial charge in [-0.1, -0.05) is 54.1 Å². The summed E-state index contributed by atoms with van der Waals surface area (Å²) in [5, 5.41) is 2.73. The second-order valence-corrected chi connectivity index (χ2v) is 8.12. The number of benzene rings is 2. The van der Waals surface area contributed by atoms with Crippen molar-refractivity contribution in [3.05, 3.63) is 92.3 Å². The van der Waals surface area contributed by atoms with Gasteiger partial charge in [0.2, 0.25) is 0 Å². The Balaban J connectivity index is 1.86. The van der Waals surface area contributed by atoms with Crippen LogP contribution in [0.25, 0.3) is 37.1 Å². The Labute approximate surface area is 173 Å². The van der Waals surface area contributed by atoms with Crippen molar-refractivity contribution in [2.45, 2.75) is 6.92 Å². The molecule has 0 aliphatic carbocycles. The molecule has 3 heterocycles. The molecule has 0 amide bonds. The number of nitrogens with zero attached hydrogens (tertiary/aromatic N) is 2. The first-order valence-corrected chi connectivity index (χ1v) is 10.1. The number of aromatic nitrogens is 3. The van der Waals surface area contributed by atoms with E-state index in [1.807, 2.05) is 55.5 Å². The molecule has 29 heavy (non-hydrogen) atoms. The molecule has 1 N–H and O–H groups in total. The zero-order chi connectivity index (χ0) is 20.1. The maximum atomic E-state index is 13.4. The molecule has 7 heteroatoms. The van der Waals surface area contributed by atoms with Crippen molar-refractivity contribution in [2.24, 2.45) is 0 Å². The fraction of sp³-hybridized carbons (Fsp3) is 0.0455. The molecule has 0 unspecified atom stereocenters. The third-order valence-electron chi connectivity index (χ3n) is 4.99. The maximum absolute atomic E-state index is 13.4. The van der Waals surface area contributed by atoms with E-state index >= 15 is 0 Å². The monoisotopic (exact) mass is 419 g/mol. The van der Waals surface area contributed by atoms with Gasteiger partial charge in [-0.25, -0.2) is 9.36 Å². The van der Waals surface area contributed by atoms with E-state index in [0.29, 0.717) is 20.9 Å².